The largest absolute Gasteiger partial charge is 0.478 e. The third kappa shape index (κ3) is 3.73. The van der Waals surface area contributed by atoms with Crippen LogP contribution >= 0.6 is 0 Å². The van der Waals surface area contributed by atoms with E-state index in [-0.39, 0.29) is 0 Å². The van der Waals surface area contributed by atoms with Crippen molar-refractivity contribution >= 4 is 5.95 Å². The molecular formula is C14H17N3O. The average molecular weight is 243 g/mol. The van der Waals surface area contributed by atoms with Crippen molar-refractivity contribution in [3.63, 3.8) is 0 Å². The van der Waals surface area contributed by atoms with Gasteiger partial charge < -0.3 is 10.1 Å². The first-order valence-electron chi connectivity index (χ1n) is 6.12. The number of benzene rings is 1. The molecule has 0 fully saturated rings. The third-order valence-corrected chi connectivity index (χ3v) is 2.38. The van der Waals surface area contributed by atoms with Crippen LogP contribution in [0.4, 0.5) is 5.95 Å². The van der Waals surface area contributed by atoms with E-state index < -0.39 is 0 Å². The topological polar surface area (TPSA) is 47.0 Å². The predicted molar refractivity (Wildman–Crippen MR) is 71.6 cm³/mol. The van der Waals surface area contributed by atoms with Crippen molar-refractivity contribution < 1.29 is 4.74 Å². The molecule has 0 spiro atoms. The van der Waals surface area contributed by atoms with Gasteiger partial charge in [-0.25, -0.2) is 4.98 Å². The minimum absolute atomic E-state index is 0.590. The van der Waals surface area contributed by atoms with E-state index in [9.17, 15) is 0 Å². The molecule has 0 amide bonds. The lowest BCUT2D eigenvalue weighted by Gasteiger charge is -2.07. The van der Waals surface area contributed by atoms with E-state index in [1.54, 1.807) is 12.3 Å². The number of hydrogen-bond acceptors (Lipinski definition) is 4. The Kier molecular flexibility index (Phi) is 4.53. The molecule has 4 heteroatoms. The molecule has 0 unspecified atom stereocenters. The number of anilines is 1. The normalized spacial score (nSPS) is 10.1. The summed E-state index contributed by atoms with van der Waals surface area (Å²) in [5, 5.41) is 3.18. The number of hydrogen-bond donors (Lipinski definition) is 1. The zero-order valence-electron chi connectivity index (χ0n) is 10.5. The van der Waals surface area contributed by atoms with Gasteiger partial charge in [0.15, 0.2) is 0 Å². The first kappa shape index (κ1) is 12.4. The Balaban J connectivity index is 1.93. The molecule has 1 aromatic carbocycles. The summed E-state index contributed by atoms with van der Waals surface area (Å²) in [6.07, 6.45) is 2.67. The summed E-state index contributed by atoms with van der Waals surface area (Å²) in [5.74, 6) is 1.20. The summed E-state index contributed by atoms with van der Waals surface area (Å²) < 4.78 is 5.46. The molecule has 0 saturated heterocycles. The number of rotatable bonds is 6. The van der Waals surface area contributed by atoms with Crippen LogP contribution in [0.3, 0.4) is 0 Å². The van der Waals surface area contributed by atoms with Crippen molar-refractivity contribution in [1.29, 1.82) is 0 Å². The molecule has 0 radical (unpaired) electrons. The van der Waals surface area contributed by atoms with E-state index in [2.05, 4.69) is 34.3 Å². The number of ether oxygens (including phenoxy) is 1. The molecule has 94 valence electrons. The van der Waals surface area contributed by atoms with Crippen molar-refractivity contribution in [1.82, 2.24) is 9.97 Å². The highest BCUT2D eigenvalue weighted by Gasteiger charge is 1.99. The Morgan fingerprint density at radius 3 is 2.78 bits per heavy atom. The van der Waals surface area contributed by atoms with Gasteiger partial charge >= 0.3 is 0 Å². The zero-order chi connectivity index (χ0) is 12.6. The first-order chi connectivity index (χ1) is 8.88. The molecule has 0 saturated carbocycles. The van der Waals surface area contributed by atoms with Crippen molar-refractivity contribution in [2.75, 3.05) is 11.9 Å². The second kappa shape index (κ2) is 6.59. The van der Waals surface area contributed by atoms with Gasteiger partial charge in [0.2, 0.25) is 11.8 Å². The van der Waals surface area contributed by atoms with Gasteiger partial charge in [-0.05, 0) is 12.0 Å². The molecule has 0 aliphatic carbocycles. The van der Waals surface area contributed by atoms with Crippen LogP contribution < -0.4 is 10.1 Å². The average Bonchev–Trinajstić information content (AvgIpc) is 2.44. The summed E-state index contributed by atoms with van der Waals surface area (Å²) in [6.45, 7) is 3.45. The lowest BCUT2D eigenvalue weighted by molar-refractivity contribution is 0.305. The standard InChI is InChI=1S/C14H17N3O/c1-2-10-18-13-8-9-15-14(17-13)16-11-12-6-4-3-5-7-12/h3-9H,2,10-11H2,1H3,(H,15,16,17). The zero-order valence-corrected chi connectivity index (χ0v) is 10.5. The van der Waals surface area contributed by atoms with Crippen molar-refractivity contribution in [2.45, 2.75) is 19.9 Å². The van der Waals surface area contributed by atoms with Crippen LogP contribution in [0.25, 0.3) is 0 Å². The molecule has 0 aliphatic heterocycles. The molecule has 0 aliphatic rings. The lowest BCUT2D eigenvalue weighted by Crippen LogP contribution is -2.05. The van der Waals surface area contributed by atoms with Gasteiger partial charge in [-0.15, -0.1) is 0 Å². The van der Waals surface area contributed by atoms with E-state index in [4.69, 9.17) is 4.74 Å². The van der Waals surface area contributed by atoms with Gasteiger partial charge in [0.1, 0.15) is 0 Å². The van der Waals surface area contributed by atoms with Gasteiger partial charge in [0.25, 0.3) is 0 Å². The summed E-state index contributed by atoms with van der Waals surface area (Å²) in [5.41, 5.74) is 1.20. The Hall–Kier alpha value is -2.10. The number of aromatic nitrogens is 2. The minimum Gasteiger partial charge on any atom is -0.478 e. The summed E-state index contributed by atoms with van der Waals surface area (Å²) in [4.78, 5) is 8.44. The molecule has 0 atom stereocenters. The summed E-state index contributed by atoms with van der Waals surface area (Å²) >= 11 is 0. The monoisotopic (exact) mass is 243 g/mol. The fraction of sp³-hybridized carbons (Fsp3) is 0.286. The van der Waals surface area contributed by atoms with Crippen molar-refractivity contribution in [3.05, 3.63) is 48.2 Å². The van der Waals surface area contributed by atoms with E-state index >= 15 is 0 Å². The summed E-state index contributed by atoms with van der Waals surface area (Å²) in [7, 11) is 0. The van der Waals surface area contributed by atoms with Crippen LogP contribution in [-0.4, -0.2) is 16.6 Å². The SMILES string of the molecule is CCCOc1ccnc(NCc2ccccc2)n1. The maximum absolute atomic E-state index is 5.46. The van der Waals surface area contributed by atoms with Crippen LogP contribution in [0.2, 0.25) is 0 Å². The first-order valence-corrected chi connectivity index (χ1v) is 6.12. The van der Waals surface area contributed by atoms with E-state index in [0.717, 1.165) is 6.42 Å². The van der Waals surface area contributed by atoms with Crippen molar-refractivity contribution in [3.8, 4) is 5.88 Å². The fourth-order valence-corrected chi connectivity index (χ4v) is 1.49. The minimum atomic E-state index is 0.590. The molecule has 1 heterocycles. The molecule has 1 aromatic heterocycles. The molecule has 2 aromatic rings. The highest BCUT2D eigenvalue weighted by Crippen LogP contribution is 2.09. The maximum atomic E-state index is 5.46. The molecule has 0 bridgehead atoms. The lowest BCUT2D eigenvalue weighted by atomic mass is 10.2. The highest BCUT2D eigenvalue weighted by molar-refractivity contribution is 5.29. The molecule has 18 heavy (non-hydrogen) atoms. The molecule has 1 N–H and O–H groups in total. The predicted octanol–water partition coefficient (Wildman–Crippen LogP) is 2.88. The fourth-order valence-electron chi connectivity index (χ4n) is 1.49. The highest BCUT2D eigenvalue weighted by atomic mass is 16.5. The Labute approximate surface area is 107 Å². The van der Waals surface area contributed by atoms with E-state index in [1.165, 1.54) is 5.56 Å². The quantitative estimate of drug-likeness (QED) is 0.847. The van der Waals surface area contributed by atoms with Gasteiger partial charge in [0, 0.05) is 18.8 Å². The maximum Gasteiger partial charge on any atom is 0.226 e. The van der Waals surface area contributed by atoms with Crippen molar-refractivity contribution in [2.24, 2.45) is 0 Å². The molecule has 4 nitrogen and oxygen atoms in total. The third-order valence-electron chi connectivity index (χ3n) is 2.38. The Bertz CT molecular complexity index is 473. The van der Waals surface area contributed by atoms with Gasteiger partial charge in [-0.3, -0.25) is 0 Å². The summed E-state index contributed by atoms with van der Waals surface area (Å²) in [6, 6.07) is 11.9. The smallest absolute Gasteiger partial charge is 0.226 e. The van der Waals surface area contributed by atoms with Crippen LogP contribution in [0.15, 0.2) is 42.6 Å². The number of nitrogens with zero attached hydrogens (tertiary/aromatic N) is 2. The van der Waals surface area contributed by atoms with Gasteiger partial charge in [-0.1, -0.05) is 37.3 Å². The second-order valence-electron chi connectivity index (χ2n) is 3.91. The molecular weight excluding hydrogens is 226 g/mol. The Morgan fingerprint density at radius 1 is 1.17 bits per heavy atom. The van der Waals surface area contributed by atoms with Gasteiger partial charge in [0.05, 0.1) is 6.61 Å². The second-order valence-corrected chi connectivity index (χ2v) is 3.91. The van der Waals surface area contributed by atoms with Crippen LogP contribution in [0, 0.1) is 0 Å². The van der Waals surface area contributed by atoms with Crippen LogP contribution in [-0.2, 0) is 6.54 Å². The number of nitrogens with one attached hydrogen (secondary N) is 1. The molecule has 2 rings (SSSR count). The van der Waals surface area contributed by atoms with E-state index in [0.29, 0.717) is 25.0 Å². The van der Waals surface area contributed by atoms with Gasteiger partial charge in [-0.2, -0.15) is 4.98 Å². The van der Waals surface area contributed by atoms with Crippen LogP contribution in [0.1, 0.15) is 18.9 Å². The van der Waals surface area contributed by atoms with Crippen LogP contribution in [0.5, 0.6) is 5.88 Å². The van der Waals surface area contributed by atoms with E-state index in [1.807, 2.05) is 18.2 Å². The Morgan fingerprint density at radius 2 is 2.00 bits per heavy atom.